The van der Waals surface area contributed by atoms with Crippen LogP contribution in [-0.4, -0.2) is 17.1 Å². The minimum atomic E-state index is -0.558. The van der Waals surface area contributed by atoms with Crippen molar-refractivity contribution in [1.29, 1.82) is 0 Å². The summed E-state index contributed by atoms with van der Waals surface area (Å²) in [5, 5.41) is 12.4. The van der Waals surface area contributed by atoms with Crippen LogP contribution in [0, 0.1) is 0 Å². The third-order valence-electron chi connectivity index (χ3n) is 1.06. The number of hydrogen-bond acceptors (Lipinski definition) is 4. The van der Waals surface area contributed by atoms with Gasteiger partial charge in [-0.15, -0.1) is 0 Å². The van der Waals surface area contributed by atoms with Gasteiger partial charge in [-0.25, -0.2) is 5.26 Å². The highest BCUT2D eigenvalue weighted by Crippen LogP contribution is 1.85. The van der Waals surface area contributed by atoms with Crippen LogP contribution in [0.3, 0.4) is 0 Å². The van der Waals surface area contributed by atoms with Gasteiger partial charge in [-0.1, -0.05) is 13.2 Å². The van der Waals surface area contributed by atoms with E-state index in [1.54, 1.807) is 0 Å². The van der Waals surface area contributed by atoms with Gasteiger partial charge in [0.25, 0.3) is 0 Å². The van der Waals surface area contributed by atoms with Crippen molar-refractivity contribution >= 4 is 11.8 Å². The van der Waals surface area contributed by atoms with Crippen molar-refractivity contribution in [3.63, 3.8) is 0 Å². The van der Waals surface area contributed by atoms with Crippen LogP contribution in [0.1, 0.15) is 0 Å². The van der Waals surface area contributed by atoms with E-state index in [0.29, 0.717) is 0 Å². The minimum absolute atomic E-state index is 0.123. The van der Waals surface area contributed by atoms with E-state index in [0.717, 1.165) is 18.4 Å². The van der Waals surface area contributed by atoms with Gasteiger partial charge in [0.05, 0.1) is 0 Å². The summed E-state index contributed by atoms with van der Waals surface area (Å²) in [5.74, 6) is -1.24. The summed E-state index contributed by atoms with van der Waals surface area (Å²) < 4.78 is 0. The fraction of sp³-hybridized carbons (Fsp3) is 0. The second-order valence-corrected chi connectivity index (χ2v) is 2.02. The van der Waals surface area contributed by atoms with Crippen LogP contribution in [0.15, 0.2) is 37.4 Å². The molecule has 0 aliphatic rings. The average molecular weight is 198 g/mol. The Hall–Kier alpha value is -2.08. The van der Waals surface area contributed by atoms with Gasteiger partial charge in [-0.2, -0.15) is 0 Å². The van der Waals surface area contributed by atoms with Crippen LogP contribution in [0.4, 0.5) is 0 Å². The lowest BCUT2D eigenvalue weighted by atomic mass is 10.5. The fourth-order valence-electron chi connectivity index (χ4n) is 0.510. The second kappa shape index (κ2) is 6.44. The van der Waals surface area contributed by atoms with Crippen molar-refractivity contribution in [3.8, 4) is 0 Å². The van der Waals surface area contributed by atoms with Gasteiger partial charge in [-0.3, -0.25) is 9.59 Å². The van der Waals surface area contributed by atoms with E-state index in [2.05, 4.69) is 28.7 Å². The van der Waals surface area contributed by atoms with Crippen molar-refractivity contribution in [2.45, 2.75) is 0 Å². The normalized spacial score (nSPS) is 8.07. The van der Waals surface area contributed by atoms with E-state index in [1.165, 1.54) is 0 Å². The Morgan fingerprint density at radius 1 is 1.14 bits per heavy atom. The summed E-state index contributed by atoms with van der Waals surface area (Å²) in [4.78, 5) is 25.2. The molecule has 76 valence electrons. The molecule has 0 saturated carbocycles. The molecule has 0 spiro atoms. The first-order chi connectivity index (χ1) is 6.63. The highest BCUT2D eigenvalue weighted by molar-refractivity contribution is 5.91. The number of carbonyl (C=O) groups excluding carboxylic acids is 2. The maximum absolute atomic E-state index is 10.8. The summed E-state index contributed by atoms with van der Waals surface area (Å²) in [5.41, 5.74) is 0. The molecule has 3 N–H and O–H groups in total. The van der Waals surface area contributed by atoms with Crippen molar-refractivity contribution in [2.24, 2.45) is 0 Å². The molecular weight excluding hydrogens is 188 g/mol. The van der Waals surface area contributed by atoms with Crippen LogP contribution in [-0.2, 0) is 14.5 Å². The molecule has 14 heavy (non-hydrogen) atoms. The molecule has 2 amide bonds. The predicted molar refractivity (Wildman–Crippen MR) is 48.5 cm³/mol. The first-order valence-electron chi connectivity index (χ1n) is 3.51. The molecule has 0 aromatic carbocycles. The molecule has 0 aromatic heterocycles. The van der Waals surface area contributed by atoms with Crippen molar-refractivity contribution in [2.75, 3.05) is 0 Å². The van der Waals surface area contributed by atoms with E-state index in [1.807, 2.05) is 0 Å². The van der Waals surface area contributed by atoms with Crippen LogP contribution < -0.4 is 10.6 Å². The molecule has 0 fully saturated rings. The largest absolute Gasteiger partial charge is 0.344 e. The SMILES string of the molecule is C=CC(=O)NC(=COO)NC(=O)C=C. The Kier molecular flexibility index (Phi) is 5.48. The lowest BCUT2D eigenvalue weighted by Gasteiger charge is -2.06. The molecule has 0 rings (SSSR count). The van der Waals surface area contributed by atoms with E-state index in [9.17, 15) is 9.59 Å². The molecule has 0 atom stereocenters. The molecule has 0 bridgehead atoms. The Morgan fingerprint density at radius 2 is 1.57 bits per heavy atom. The highest BCUT2D eigenvalue weighted by atomic mass is 17.1. The van der Waals surface area contributed by atoms with Gasteiger partial charge in [0.15, 0.2) is 12.1 Å². The highest BCUT2D eigenvalue weighted by Gasteiger charge is 2.03. The number of carbonyl (C=O) groups is 2. The van der Waals surface area contributed by atoms with Gasteiger partial charge < -0.3 is 15.5 Å². The fourth-order valence-corrected chi connectivity index (χ4v) is 0.510. The summed E-state index contributed by atoms with van der Waals surface area (Å²) >= 11 is 0. The first kappa shape index (κ1) is 11.9. The molecule has 0 heterocycles. The lowest BCUT2D eigenvalue weighted by Crippen LogP contribution is -2.33. The third kappa shape index (κ3) is 4.73. The van der Waals surface area contributed by atoms with E-state index >= 15 is 0 Å². The van der Waals surface area contributed by atoms with E-state index in [-0.39, 0.29) is 5.82 Å². The van der Waals surface area contributed by atoms with Gasteiger partial charge in [0.2, 0.25) is 11.8 Å². The Balaban J connectivity index is 4.37. The van der Waals surface area contributed by atoms with Gasteiger partial charge in [0, 0.05) is 0 Å². The summed E-state index contributed by atoms with van der Waals surface area (Å²) in [6, 6.07) is 0. The predicted octanol–water partition coefficient (Wildman–Crippen LogP) is -0.121. The van der Waals surface area contributed by atoms with Crippen LogP contribution >= 0.6 is 0 Å². The second-order valence-electron chi connectivity index (χ2n) is 2.02. The molecule has 0 aliphatic carbocycles. The quantitative estimate of drug-likeness (QED) is 0.249. The number of amides is 2. The molecule has 0 aliphatic heterocycles. The van der Waals surface area contributed by atoms with Crippen molar-refractivity contribution in [3.05, 3.63) is 37.4 Å². The Bertz CT molecular complexity index is 259. The van der Waals surface area contributed by atoms with E-state index in [4.69, 9.17) is 5.26 Å². The van der Waals surface area contributed by atoms with Gasteiger partial charge in [-0.05, 0) is 12.2 Å². The standard InChI is InChI=1S/C8H10N2O4/c1-3-7(11)9-6(5-14-13)10-8(12)4-2/h3-5,13H,1-2H2,(H,9,11)(H,10,12). The van der Waals surface area contributed by atoms with Crippen LogP contribution in [0.25, 0.3) is 0 Å². The Labute approximate surface area is 80.5 Å². The average Bonchev–Trinajstić information content (AvgIpc) is 2.17. The number of hydrogen-bond donors (Lipinski definition) is 3. The smallest absolute Gasteiger partial charge is 0.248 e. The van der Waals surface area contributed by atoms with Crippen molar-refractivity contribution in [1.82, 2.24) is 10.6 Å². The topological polar surface area (TPSA) is 87.7 Å². The minimum Gasteiger partial charge on any atom is -0.344 e. The molecule has 0 saturated heterocycles. The van der Waals surface area contributed by atoms with Crippen molar-refractivity contribution < 1.29 is 19.7 Å². The summed E-state index contributed by atoms with van der Waals surface area (Å²) in [6.45, 7) is 6.40. The number of nitrogens with one attached hydrogen (secondary N) is 2. The van der Waals surface area contributed by atoms with E-state index < -0.39 is 11.8 Å². The van der Waals surface area contributed by atoms with Crippen LogP contribution in [0.5, 0.6) is 0 Å². The monoisotopic (exact) mass is 198 g/mol. The zero-order valence-corrected chi connectivity index (χ0v) is 7.32. The molecule has 0 aromatic rings. The molecule has 6 heteroatoms. The molecule has 0 radical (unpaired) electrons. The zero-order valence-electron chi connectivity index (χ0n) is 7.32. The molecule has 6 nitrogen and oxygen atoms in total. The van der Waals surface area contributed by atoms with Gasteiger partial charge >= 0.3 is 0 Å². The number of rotatable bonds is 5. The zero-order chi connectivity index (χ0) is 11.0. The maximum Gasteiger partial charge on any atom is 0.248 e. The van der Waals surface area contributed by atoms with Gasteiger partial charge in [0.1, 0.15) is 0 Å². The molecular formula is C8H10N2O4. The first-order valence-corrected chi connectivity index (χ1v) is 3.51. The molecule has 0 unspecified atom stereocenters. The maximum atomic E-state index is 10.8. The summed E-state index contributed by atoms with van der Waals surface area (Å²) in [7, 11) is 0. The summed E-state index contributed by atoms with van der Waals surface area (Å²) in [6.07, 6.45) is 2.72. The van der Waals surface area contributed by atoms with Crippen LogP contribution in [0.2, 0.25) is 0 Å². The lowest BCUT2D eigenvalue weighted by molar-refractivity contribution is -0.188. The third-order valence-corrected chi connectivity index (χ3v) is 1.06. The Morgan fingerprint density at radius 3 is 1.86 bits per heavy atom.